The average Bonchev–Trinajstić information content (AvgIpc) is 3.56. The SMILES string of the molecule is CC(C)C1CCN2C(=O)[C@@H](NC(=O)OC(C)(C)C)COCCCCCCC[C@@H](C(=O)C(=O)NC3CC3)NC(=O)[C@H]12. The van der Waals surface area contributed by atoms with Crippen LogP contribution < -0.4 is 16.0 Å². The number of carbonyl (C=O) groups excluding carboxylic acids is 5. The summed E-state index contributed by atoms with van der Waals surface area (Å²) in [6.45, 7) is 9.92. The summed E-state index contributed by atoms with van der Waals surface area (Å²) in [5.74, 6) is -2.26. The number of amides is 4. The second-order valence-electron chi connectivity index (χ2n) is 12.7. The minimum atomic E-state index is -1.04. The summed E-state index contributed by atoms with van der Waals surface area (Å²) in [5, 5.41) is 8.23. The number of hydrogen-bond acceptors (Lipinski definition) is 7. The Balaban J connectivity index is 1.85. The maximum atomic E-state index is 13.9. The van der Waals surface area contributed by atoms with Crippen molar-refractivity contribution >= 4 is 29.6 Å². The van der Waals surface area contributed by atoms with E-state index in [9.17, 15) is 24.0 Å². The second-order valence-corrected chi connectivity index (χ2v) is 12.7. The van der Waals surface area contributed by atoms with Crippen molar-refractivity contribution in [1.29, 1.82) is 0 Å². The fourth-order valence-electron chi connectivity index (χ4n) is 5.37. The Bertz CT molecular complexity index is 928. The van der Waals surface area contributed by atoms with Gasteiger partial charge in [0, 0.05) is 19.2 Å². The third-order valence-electron chi connectivity index (χ3n) is 7.68. The van der Waals surface area contributed by atoms with Crippen molar-refractivity contribution in [2.75, 3.05) is 19.8 Å². The molecule has 2 saturated heterocycles. The molecule has 3 N–H and O–H groups in total. The first-order valence-corrected chi connectivity index (χ1v) is 14.9. The molecular formula is C29H48N4O7. The Hall–Kier alpha value is -2.69. The van der Waals surface area contributed by atoms with E-state index in [4.69, 9.17) is 9.47 Å². The monoisotopic (exact) mass is 564 g/mol. The number of fused-ring (bicyclic) bond motifs is 1. The smallest absolute Gasteiger partial charge is 0.408 e. The van der Waals surface area contributed by atoms with E-state index in [1.54, 1.807) is 20.8 Å². The van der Waals surface area contributed by atoms with Crippen LogP contribution in [0.25, 0.3) is 0 Å². The molecule has 0 spiro atoms. The van der Waals surface area contributed by atoms with Crippen molar-refractivity contribution in [1.82, 2.24) is 20.9 Å². The van der Waals surface area contributed by atoms with Gasteiger partial charge in [-0.1, -0.05) is 39.5 Å². The number of hydrogen-bond donors (Lipinski definition) is 3. The van der Waals surface area contributed by atoms with Crippen LogP contribution in [0.5, 0.6) is 0 Å². The first-order chi connectivity index (χ1) is 18.9. The summed E-state index contributed by atoms with van der Waals surface area (Å²) in [6, 6.07) is -2.80. The minimum absolute atomic E-state index is 0.0308. The van der Waals surface area contributed by atoms with E-state index in [1.807, 2.05) is 13.8 Å². The topological polar surface area (TPSA) is 143 Å². The molecule has 11 nitrogen and oxygen atoms in total. The normalized spacial score (nSPS) is 27.5. The molecule has 3 fully saturated rings. The lowest BCUT2D eigenvalue weighted by atomic mass is 9.87. The molecule has 0 radical (unpaired) electrons. The second kappa shape index (κ2) is 14.3. The van der Waals surface area contributed by atoms with Gasteiger partial charge in [-0.25, -0.2) is 4.79 Å². The molecule has 1 saturated carbocycles. The van der Waals surface area contributed by atoms with Crippen molar-refractivity contribution in [2.45, 2.75) is 122 Å². The number of rotatable bonds is 5. The van der Waals surface area contributed by atoms with Crippen LogP contribution in [0.4, 0.5) is 4.79 Å². The van der Waals surface area contributed by atoms with Crippen molar-refractivity contribution in [2.24, 2.45) is 11.8 Å². The summed E-state index contributed by atoms with van der Waals surface area (Å²) < 4.78 is 11.2. The van der Waals surface area contributed by atoms with Crippen LogP contribution in [0.1, 0.15) is 92.4 Å². The summed E-state index contributed by atoms with van der Waals surface area (Å²) in [7, 11) is 0. The molecule has 4 atom stereocenters. The van der Waals surface area contributed by atoms with E-state index in [0.717, 1.165) is 38.5 Å². The third kappa shape index (κ3) is 9.45. The standard InChI is InChI=1S/C29H48N4O7/c1-18(2)20-14-15-33-23(20)25(35)31-21(24(34)26(36)30-19-12-13-19)11-9-7-6-8-10-16-39-17-22(27(33)37)32-28(38)40-29(3,4)5/h18-23H,6-17H2,1-5H3,(H,30,36)(H,31,35)(H,32,38)/t20?,21-,22-,23-/m0/s1. The molecule has 2 aliphatic heterocycles. The van der Waals surface area contributed by atoms with Crippen LogP contribution in [0.15, 0.2) is 0 Å². The molecule has 0 aromatic heterocycles. The van der Waals surface area contributed by atoms with Crippen LogP contribution in [0.3, 0.4) is 0 Å². The van der Waals surface area contributed by atoms with E-state index >= 15 is 0 Å². The Labute approximate surface area is 237 Å². The molecule has 4 amide bonds. The first-order valence-electron chi connectivity index (χ1n) is 14.9. The average molecular weight is 565 g/mol. The van der Waals surface area contributed by atoms with E-state index in [-0.39, 0.29) is 24.5 Å². The number of nitrogens with one attached hydrogen (secondary N) is 3. The summed E-state index contributed by atoms with van der Waals surface area (Å²) in [6.07, 6.45) is 6.08. The maximum absolute atomic E-state index is 13.9. The molecule has 0 bridgehead atoms. The number of ketones is 1. The Morgan fingerprint density at radius 1 is 0.975 bits per heavy atom. The zero-order valence-electron chi connectivity index (χ0n) is 24.8. The molecular weight excluding hydrogens is 516 g/mol. The Morgan fingerprint density at radius 2 is 1.65 bits per heavy atom. The highest BCUT2D eigenvalue weighted by atomic mass is 16.6. The fraction of sp³-hybridized carbons (Fsp3) is 0.828. The summed E-state index contributed by atoms with van der Waals surface area (Å²) >= 11 is 0. The van der Waals surface area contributed by atoms with Gasteiger partial charge in [-0.05, 0) is 64.7 Å². The van der Waals surface area contributed by atoms with Crippen molar-refractivity contribution in [3.05, 3.63) is 0 Å². The maximum Gasteiger partial charge on any atom is 0.408 e. The lowest BCUT2D eigenvalue weighted by Crippen LogP contribution is -2.59. The van der Waals surface area contributed by atoms with Gasteiger partial charge in [0.25, 0.3) is 5.91 Å². The molecule has 0 aromatic carbocycles. The van der Waals surface area contributed by atoms with Crippen LogP contribution in [-0.2, 0) is 28.7 Å². The minimum Gasteiger partial charge on any atom is -0.444 e. The van der Waals surface area contributed by atoms with Crippen LogP contribution in [0, 0.1) is 11.8 Å². The summed E-state index contributed by atoms with van der Waals surface area (Å²) in [4.78, 5) is 67.5. The highest BCUT2D eigenvalue weighted by Crippen LogP contribution is 2.32. The zero-order chi connectivity index (χ0) is 29.4. The Kier molecular flexibility index (Phi) is 11.4. The van der Waals surface area contributed by atoms with Gasteiger partial charge < -0.3 is 30.3 Å². The zero-order valence-corrected chi connectivity index (χ0v) is 24.8. The van der Waals surface area contributed by atoms with E-state index in [1.165, 1.54) is 4.90 Å². The van der Waals surface area contributed by atoms with Gasteiger partial charge in [0.15, 0.2) is 0 Å². The molecule has 3 aliphatic rings. The molecule has 1 aliphatic carbocycles. The molecule has 3 rings (SSSR count). The van der Waals surface area contributed by atoms with Crippen LogP contribution in [0.2, 0.25) is 0 Å². The number of carbonyl (C=O) groups is 5. The quantitative estimate of drug-likeness (QED) is 0.435. The number of ether oxygens (including phenoxy) is 2. The predicted molar refractivity (Wildman–Crippen MR) is 148 cm³/mol. The van der Waals surface area contributed by atoms with Gasteiger partial charge in [0.2, 0.25) is 17.6 Å². The number of nitrogens with zero attached hydrogens (tertiary/aromatic N) is 1. The predicted octanol–water partition coefficient (Wildman–Crippen LogP) is 2.46. The largest absolute Gasteiger partial charge is 0.444 e. The fourth-order valence-corrected chi connectivity index (χ4v) is 5.37. The van der Waals surface area contributed by atoms with Crippen molar-refractivity contribution < 1.29 is 33.4 Å². The molecule has 1 unspecified atom stereocenters. The van der Waals surface area contributed by atoms with Crippen molar-refractivity contribution in [3.63, 3.8) is 0 Å². The molecule has 2 heterocycles. The van der Waals surface area contributed by atoms with Gasteiger partial charge in [0.1, 0.15) is 17.7 Å². The molecule has 11 heteroatoms. The lowest BCUT2D eigenvalue weighted by Gasteiger charge is -2.33. The Morgan fingerprint density at radius 3 is 2.30 bits per heavy atom. The molecule has 226 valence electrons. The van der Waals surface area contributed by atoms with Gasteiger partial charge >= 0.3 is 6.09 Å². The van der Waals surface area contributed by atoms with Crippen LogP contribution in [-0.4, -0.2) is 84.0 Å². The third-order valence-corrected chi connectivity index (χ3v) is 7.68. The van der Waals surface area contributed by atoms with Gasteiger partial charge in [-0.2, -0.15) is 0 Å². The number of alkyl carbamates (subject to hydrolysis) is 1. The van der Waals surface area contributed by atoms with E-state index in [0.29, 0.717) is 32.4 Å². The molecule has 0 aromatic rings. The summed E-state index contributed by atoms with van der Waals surface area (Å²) in [5.41, 5.74) is -0.752. The van der Waals surface area contributed by atoms with Gasteiger partial charge in [-0.15, -0.1) is 0 Å². The van der Waals surface area contributed by atoms with Gasteiger partial charge in [-0.3, -0.25) is 19.2 Å². The van der Waals surface area contributed by atoms with Crippen molar-refractivity contribution in [3.8, 4) is 0 Å². The highest BCUT2D eigenvalue weighted by Gasteiger charge is 2.46. The van der Waals surface area contributed by atoms with E-state index < -0.39 is 53.3 Å². The lowest BCUT2D eigenvalue weighted by molar-refractivity contribution is -0.144. The molecule has 40 heavy (non-hydrogen) atoms. The highest BCUT2D eigenvalue weighted by molar-refractivity contribution is 6.38. The van der Waals surface area contributed by atoms with E-state index in [2.05, 4.69) is 16.0 Å². The van der Waals surface area contributed by atoms with Gasteiger partial charge in [0.05, 0.1) is 12.6 Å². The first kappa shape index (κ1) is 31.8. The van der Waals surface area contributed by atoms with Crippen LogP contribution >= 0.6 is 0 Å². The number of Topliss-reactive ketones (excluding diaryl/α,β-unsaturated/α-hetero) is 1.